The molecule has 0 aliphatic heterocycles. The Morgan fingerprint density at radius 2 is 2.16 bits per heavy atom. The molecule has 0 spiro atoms. The van der Waals surface area contributed by atoms with Gasteiger partial charge in [-0.1, -0.05) is 0 Å². The SMILES string of the molecule is N#CCCn1cc(C=O)c(-c2ccc(F)c(F)c2)n1. The molecule has 0 fully saturated rings. The van der Waals surface area contributed by atoms with E-state index < -0.39 is 11.6 Å². The number of aryl methyl sites for hydroxylation is 1. The molecule has 0 radical (unpaired) electrons. The first-order chi connectivity index (χ1) is 9.15. The minimum Gasteiger partial charge on any atom is -0.298 e. The summed E-state index contributed by atoms with van der Waals surface area (Å²) < 4.78 is 27.5. The predicted octanol–water partition coefficient (Wildman–Crippen LogP) is 2.55. The van der Waals surface area contributed by atoms with Crippen molar-refractivity contribution < 1.29 is 13.6 Å². The summed E-state index contributed by atoms with van der Waals surface area (Å²) in [5.74, 6) is -1.96. The number of halogens is 2. The third kappa shape index (κ3) is 2.65. The molecule has 0 saturated carbocycles. The summed E-state index contributed by atoms with van der Waals surface area (Å²) in [6.45, 7) is 0.334. The molecule has 4 nitrogen and oxygen atoms in total. The fourth-order valence-corrected chi connectivity index (χ4v) is 1.67. The average molecular weight is 261 g/mol. The van der Waals surface area contributed by atoms with Crippen LogP contribution in [0.1, 0.15) is 16.8 Å². The number of carbonyl (C=O) groups excluding carboxylic acids is 1. The number of hydrogen-bond acceptors (Lipinski definition) is 3. The van der Waals surface area contributed by atoms with Gasteiger partial charge >= 0.3 is 0 Å². The Balaban J connectivity index is 2.42. The lowest BCUT2D eigenvalue weighted by Gasteiger charge is -1.99. The summed E-state index contributed by atoms with van der Waals surface area (Å²) >= 11 is 0. The quantitative estimate of drug-likeness (QED) is 0.795. The van der Waals surface area contributed by atoms with E-state index >= 15 is 0 Å². The maximum atomic E-state index is 13.2. The second-order valence-electron chi connectivity index (χ2n) is 3.85. The Kier molecular flexibility index (Phi) is 3.66. The molecule has 0 N–H and O–H groups in total. The zero-order chi connectivity index (χ0) is 13.8. The van der Waals surface area contributed by atoms with Gasteiger partial charge in [-0.2, -0.15) is 10.4 Å². The molecular weight excluding hydrogens is 252 g/mol. The molecule has 0 saturated heterocycles. The van der Waals surface area contributed by atoms with Crippen molar-refractivity contribution in [3.63, 3.8) is 0 Å². The molecule has 2 aromatic rings. The minimum absolute atomic E-state index is 0.247. The first-order valence-electron chi connectivity index (χ1n) is 5.50. The van der Waals surface area contributed by atoms with Gasteiger partial charge in [0.05, 0.1) is 24.6 Å². The molecule has 0 unspecified atom stereocenters. The van der Waals surface area contributed by atoms with E-state index in [1.807, 2.05) is 6.07 Å². The van der Waals surface area contributed by atoms with Gasteiger partial charge < -0.3 is 0 Å². The standard InChI is InChI=1S/C13H9F2N3O/c14-11-3-2-9(6-12(11)15)13-10(8-19)7-18(17-13)5-1-4-16/h2-3,6-8H,1,5H2. The fourth-order valence-electron chi connectivity index (χ4n) is 1.67. The molecule has 0 aliphatic rings. The highest BCUT2D eigenvalue weighted by molar-refractivity contribution is 5.85. The third-order valence-electron chi connectivity index (χ3n) is 2.56. The lowest BCUT2D eigenvalue weighted by molar-refractivity contribution is 0.112. The zero-order valence-electron chi connectivity index (χ0n) is 9.81. The van der Waals surface area contributed by atoms with E-state index in [0.717, 1.165) is 12.1 Å². The van der Waals surface area contributed by atoms with E-state index in [2.05, 4.69) is 5.10 Å². The summed E-state index contributed by atoms with van der Waals surface area (Å²) in [6.07, 6.45) is 2.31. The number of rotatable bonds is 4. The molecule has 19 heavy (non-hydrogen) atoms. The van der Waals surface area contributed by atoms with E-state index in [-0.39, 0.29) is 17.7 Å². The third-order valence-corrected chi connectivity index (χ3v) is 2.56. The van der Waals surface area contributed by atoms with Crippen LogP contribution in [-0.2, 0) is 6.54 Å². The number of hydrogen-bond donors (Lipinski definition) is 0. The van der Waals surface area contributed by atoms with Crippen LogP contribution in [0.2, 0.25) is 0 Å². The molecule has 96 valence electrons. The number of benzene rings is 1. The van der Waals surface area contributed by atoms with Crippen molar-refractivity contribution in [2.45, 2.75) is 13.0 Å². The maximum absolute atomic E-state index is 13.2. The highest BCUT2D eigenvalue weighted by atomic mass is 19.2. The highest BCUT2D eigenvalue weighted by Crippen LogP contribution is 2.23. The molecule has 0 aliphatic carbocycles. The van der Waals surface area contributed by atoms with Crippen LogP contribution in [0.5, 0.6) is 0 Å². The van der Waals surface area contributed by atoms with Crippen molar-refractivity contribution >= 4 is 6.29 Å². The molecule has 0 atom stereocenters. The first kappa shape index (κ1) is 12.9. The van der Waals surface area contributed by atoms with Crippen molar-refractivity contribution in [2.24, 2.45) is 0 Å². The molecule has 0 bridgehead atoms. The van der Waals surface area contributed by atoms with E-state index in [4.69, 9.17) is 5.26 Å². The topological polar surface area (TPSA) is 58.7 Å². The van der Waals surface area contributed by atoms with Crippen LogP contribution < -0.4 is 0 Å². The molecule has 6 heteroatoms. The number of nitriles is 1. The first-order valence-corrected chi connectivity index (χ1v) is 5.50. The van der Waals surface area contributed by atoms with Gasteiger partial charge in [0.1, 0.15) is 5.69 Å². The van der Waals surface area contributed by atoms with E-state index in [1.165, 1.54) is 16.9 Å². The summed E-state index contributed by atoms with van der Waals surface area (Å²) in [7, 11) is 0. The van der Waals surface area contributed by atoms with Crippen molar-refractivity contribution in [1.29, 1.82) is 5.26 Å². The average Bonchev–Trinajstić information content (AvgIpc) is 2.83. The Bertz CT molecular complexity index is 658. The monoisotopic (exact) mass is 261 g/mol. The van der Waals surface area contributed by atoms with Gasteiger partial charge in [0.2, 0.25) is 0 Å². The Morgan fingerprint density at radius 3 is 2.79 bits per heavy atom. The predicted molar refractivity (Wildman–Crippen MR) is 63.2 cm³/mol. The largest absolute Gasteiger partial charge is 0.298 e. The minimum atomic E-state index is -0.999. The molecule has 1 heterocycles. The van der Waals surface area contributed by atoms with Gasteiger partial charge in [-0.05, 0) is 18.2 Å². The van der Waals surface area contributed by atoms with E-state index in [0.29, 0.717) is 18.4 Å². The van der Waals surface area contributed by atoms with Crippen molar-refractivity contribution in [3.05, 3.63) is 41.6 Å². The molecule has 1 aromatic heterocycles. The molecule has 0 amide bonds. The number of carbonyl (C=O) groups is 1. The normalized spacial score (nSPS) is 10.2. The van der Waals surface area contributed by atoms with E-state index in [1.54, 1.807) is 0 Å². The van der Waals surface area contributed by atoms with Gasteiger partial charge in [0, 0.05) is 11.8 Å². The van der Waals surface area contributed by atoms with E-state index in [9.17, 15) is 13.6 Å². The van der Waals surface area contributed by atoms with Crippen LogP contribution in [0.25, 0.3) is 11.3 Å². The van der Waals surface area contributed by atoms with Gasteiger partial charge in [0.15, 0.2) is 17.9 Å². The summed E-state index contributed by atoms with van der Waals surface area (Å²) in [5.41, 5.74) is 0.854. The summed E-state index contributed by atoms with van der Waals surface area (Å²) in [4.78, 5) is 11.0. The second-order valence-corrected chi connectivity index (χ2v) is 3.85. The van der Waals surface area contributed by atoms with Crippen molar-refractivity contribution in [3.8, 4) is 17.3 Å². The smallest absolute Gasteiger partial charge is 0.159 e. The van der Waals surface area contributed by atoms with Crippen molar-refractivity contribution in [2.75, 3.05) is 0 Å². The summed E-state index contributed by atoms with van der Waals surface area (Å²) in [5, 5.41) is 12.6. The number of aromatic nitrogens is 2. The highest BCUT2D eigenvalue weighted by Gasteiger charge is 2.12. The molecule has 1 aromatic carbocycles. The lowest BCUT2D eigenvalue weighted by Crippen LogP contribution is -1.97. The number of aldehydes is 1. The molecule has 2 rings (SSSR count). The van der Waals surface area contributed by atoms with Gasteiger partial charge in [0.25, 0.3) is 0 Å². The van der Waals surface area contributed by atoms with Crippen molar-refractivity contribution in [1.82, 2.24) is 9.78 Å². The zero-order valence-corrected chi connectivity index (χ0v) is 9.81. The second kappa shape index (κ2) is 5.40. The van der Waals surface area contributed by atoms with Crippen LogP contribution in [0.3, 0.4) is 0 Å². The Hall–Kier alpha value is -2.55. The van der Waals surface area contributed by atoms with Gasteiger partial charge in [-0.15, -0.1) is 0 Å². The summed E-state index contributed by atoms with van der Waals surface area (Å²) in [6, 6.07) is 5.28. The lowest BCUT2D eigenvalue weighted by atomic mass is 10.1. The molecular formula is C13H9F2N3O. The van der Waals surface area contributed by atoms with Gasteiger partial charge in [-0.3, -0.25) is 9.48 Å². The van der Waals surface area contributed by atoms with Gasteiger partial charge in [-0.25, -0.2) is 8.78 Å². The van der Waals surface area contributed by atoms with Crippen LogP contribution in [0, 0.1) is 23.0 Å². The van der Waals surface area contributed by atoms with Crippen LogP contribution in [0.15, 0.2) is 24.4 Å². The fraction of sp³-hybridized carbons (Fsp3) is 0.154. The maximum Gasteiger partial charge on any atom is 0.159 e. The number of nitrogens with zero attached hydrogens (tertiary/aromatic N) is 3. The Labute approximate surface area is 107 Å². The van der Waals surface area contributed by atoms with Crippen LogP contribution in [0.4, 0.5) is 8.78 Å². The van der Waals surface area contributed by atoms with Crippen LogP contribution in [-0.4, -0.2) is 16.1 Å². The van der Waals surface area contributed by atoms with Crippen LogP contribution >= 0.6 is 0 Å². The Morgan fingerprint density at radius 1 is 1.37 bits per heavy atom.